The van der Waals surface area contributed by atoms with Crippen molar-refractivity contribution in [1.82, 2.24) is 20.6 Å². The van der Waals surface area contributed by atoms with E-state index in [2.05, 4.69) is 25.9 Å². The minimum atomic E-state index is -0.385. The number of hydrogen-bond donors (Lipinski definition) is 2. The Labute approximate surface area is 199 Å². The fourth-order valence-corrected chi connectivity index (χ4v) is 3.69. The number of fused-ring (bicyclic) bond motifs is 3. The van der Waals surface area contributed by atoms with Gasteiger partial charge in [0.15, 0.2) is 0 Å². The van der Waals surface area contributed by atoms with Crippen LogP contribution in [-0.2, 0) is 9.59 Å². The molecule has 0 saturated heterocycles. The summed E-state index contributed by atoms with van der Waals surface area (Å²) in [5.41, 5.74) is 2.19. The molecular weight excluding hydrogens is 415 g/mol. The summed E-state index contributed by atoms with van der Waals surface area (Å²) in [5, 5.41) is 18.9. The van der Waals surface area contributed by atoms with E-state index >= 15 is 0 Å². The van der Waals surface area contributed by atoms with E-state index in [4.69, 9.17) is 11.6 Å². The van der Waals surface area contributed by atoms with Gasteiger partial charge in [-0.15, -0.1) is 10.2 Å². The van der Waals surface area contributed by atoms with Crippen molar-refractivity contribution in [3.05, 3.63) is 59.6 Å². The first-order chi connectivity index (χ1) is 14.1. The van der Waals surface area contributed by atoms with Gasteiger partial charge in [0.2, 0.25) is 17.6 Å². The zero-order valence-corrected chi connectivity index (χ0v) is 18.6. The van der Waals surface area contributed by atoms with E-state index in [1.165, 1.54) is 4.90 Å². The summed E-state index contributed by atoms with van der Waals surface area (Å²) in [6.45, 7) is 0. The molecule has 30 heavy (non-hydrogen) atoms. The molecule has 5 rings (SSSR count). The maximum absolute atomic E-state index is 13.0. The molecule has 3 aromatic carbocycles. The molecule has 0 aliphatic carbocycles. The van der Waals surface area contributed by atoms with Gasteiger partial charge < -0.3 is 6.74 Å². The van der Waals surface area contributed by atoms with Crippen LogP contribution in [0.2, 0.25) is 5.02 Å². The third kappa shape index (κ3) is 3.48. The Hall–Kier alpha value is -2.78. The molecule has 0 atom stereocenters. The van der Waals surface area contributed by atoms with Gasteiger partial charge in [0.25, 0.3) is 0 Å². The molecule has 1 aromatic heterocycles. The first kappa shape index (κ1) is 20.5. The van der Waals surface area contributed by atoms with Crippen molar-refractivity contribution < 1.29 is 40.6 Å². The van der Waals surface area contributed by atoms with Gasteiger partial charge in [0.05, 0.1) is 22.1 Å². The van der Waals surface area contributed by atoms with Crippen LogP contribution < -0.4 is 39.8 Å². The van der Waals surface area contributed by atoms with Gasteiger partial charge >= 0.3 is 29.6 Å². The van der Waals surface area contributed by atoms with Gasteiger partial charge in [-0.2, -0.15) is 5.21 Å². The van der Waals surface area contributed by atoms with Crippen LogP contribution in [0.5, 0.6) is 0 Å². The molecule has 8 nitrogen and oxygen atoms in total. The summed E-state index contributed by atoms with van der Waals surface area (Å²) in [5.74, 6) is -0.387. The van der Waals surface area contributed by atoms with Crippen LogP contribution in [0.25, 0.3) is 22.2 Å². The molecule has 0 fully saturated rings. The summed E-state index contributed by atoms with van der Waals surface area (Å²) >= 11 is 6.47. The zero-order valence-electron chi connectivity index (χ0n) is 16.9. The predicted molar refractivity (Wildman–Crippen MR) is 110 cm³/mol. The largest absolute Gasteiger partial charge is 1.00 e. The van der Waals surface area contributed by atoms with Gasteiger partial charge in [0, 0.05) is 10.9 Å². The second kappa shape index (κ2) is 8.16. The Morgan fingerprint density at radius 1 is 1.03 bits per heavy atom. The zero-order chi connectivity index (χ0) is 20.0. The van der Waals surface area contributed by atoms with E-state index < -0.39 is 0 Å². The molecule has 0 radical (unpaired) electrons. The van der Waals surface area contributed by atoms with Crippen LogP contribution in [0, 0.1) is 0 Å². The summed E-state index contributed by atoms with van der Waals surface area (Å²) in [7, 11) is 0. The van der Waals surface area contributed by atoms with Gasteiger partial charge in [-0.25, -0.2) is 0 Å². The van der Waals surface area contributed by atoms with Crippen molar-refractivity contribution in [2.45, 2.75) is 6.42 Å². The van der Waals surface area contributed by atoms with Gasteiger partial charge in [-0.3, -0.25) is 14.5 Å². The number of rotatable bonds is 2. The van der Waals surface area contributed by atoms with E-state index in [0.717, 1.165) is 10.8 Å². The second-order valence-corrected chi connectivity index (χ2v) is 6.94. The third-order valence-electron chi connectivity index (χ3n) is 4.76. The predicted octanol–water partition coefficient (Wildman–Crippen LogP) is 0.797. The van der Waals surface area contributed by atoms with E-state index in [9.17, 15) is 9.59 Å². The number of benzene rings is 3. The summed E-state index contributed by atoms with van der Waals surface area (Å²) in [4.78, 5) is 26.9. The van der Waals surface area contributed by atoms with Gasteiger partial charge in [0.1, 0.15) is 6.42 Å². The van der Waals surface area contributed by atoms with Crippen molar-refractivity contribution in [1.29, 1.82) is 0 Å². The molecule has 1 aliphatic rings. The molecule has 0 bridgehead atoms. The topological polar surface area (TPSA) is 104 Å². The van der Waals surface area contributed by atoms with Gasteiger partial charge in [-0.05, 0) is 34.9 Å². The molecule has 144 valence electrons. The van der Waals surface area contributed by atoms with Crippen molar-refractivity contribution in [3.63, 3.8) is 0 Å². The number of tetrazole rings is 1. The van der Waals surface area contributed by atoms with Crippen molar-refractivity contribution >= 4 is 51.2 Å². The van der Waals surface area contributed by atoms with Crippen molar-refractivity contribution in [3.8, 4) is 11.4 Å². The number of carbonyl (C=O) groups is 2. The number of halogens is 1. The standard InChI is InChI=1S/C20H13ClN6O2.Na.H/c21-14-7-5-12(20-23-25-26-24-20)9-16(14)27-15-8-6-11-3-1-2-4-13(11)19(15)22-17(28)10-18(27)29;;/h1-9H,10H2,(H,22,28)(H,23,24,25,26);;/q;+1;-1. The van der Waals surface area contributed by atoms with E-state index in [-0.39, 0.29) is 49.2 Å². The maximum atomic E-state index is 13.0. The molecule has 2 heterocycles. The van der Waals surface area contributed by atoms with Gasteiger partial charge in [-0.1, -0.05) is 41.9 Å². The number of nitrogens with one attached hydrogen (secondary N) is 2. The fourth-order valence-electron chi connectivity index (χ4n) is 3.48. The Bertz CT molecular complexity index is 1280. The first-order valence-corrected chi connectivity index (χ1v) is 9.17. The Balaban J connectivity index is 0.00000136. The quantitative estimate of drug-likeness (QED) is 0.363. The minimum absolute atomic E-state index is 0. The molecule has 2 N–H and O–H groups in total. The number of carbonyl (C=O) groups excluding carboxylic acids is 2. The first-order valence-electron chi connectivity index (χ1n) is 8.80. The van der Waals surface area contributed by atoms with E-state index in [1.807, 2.05) is 30.3 Å². The van der Waals surface area contributed by atoms with Crippen LogP contribution in [-0.4, -0.2) is 32.4 Å². The molecule has 0 spiro atoms. The number of aromatic amines is 1. The Morgan fingerprint density at radius 2 is 1.87 bits per heavy atom. The molecule has 0 unspecified atom stereocenters. The SMILES string of the molecule is O=C1CC(=O)N(c2cc(-c3nn[nH]n3)ccc2Cl)c2ccc3ccccc3c2N1.[H-].[Na+]. The minimum Gasteiger partial charge on any atom is -1.00 e. The molecule has 1 aliphatic heterocycles. The van der Waals surface area contributed by atoms with E-state index in [1.54, 1.807) is 24.3 Å². The summed E-state index contributed by atoms with van der Waals surface area (Å²) < 4.78 is 0. The van der Waals surface area contributed by atoms with Crippen molar-refractivity contribution in [2.24, 2.45) is 0 Å². The molecule has 2 amide bonds. The summed E-state index contributed by atoms with van der Waals surface area (Å²) in [6.07, 6.45) is -0.300. The Kier molecular flexibility index (Phi) is 5.57. The van der Waals surface area contributed by atoms with Crippen LogP contribution >= 0.6 is 11.6 Å². The second-order valence-electron chi connectivity index (χ2n) is 6.54. The Morgan fingerprint density at radius 3 is 2.67 bits per heavy atom. The van der Waals surface area contributed by atoms with Crippen LogP contribution in [0.3, 0.4) is 0 Å². The molecule has 4 aromatic rings. The smallest absolute Gasteiger partial charge is 1.00 e. The fraction of sp³-hybridized carbons (Fsp3) is 0.0500. The van der Waals surface area contributed by atoms with Crippen molar-refractivity contribution in [2.75, 3.05) is 10.2 Å². The van der Waals surface area contributed by atoms with Crippen LogP contribution in [0.4, 0.5) is 17.1 Å². The average Bonchev–Trinajstić information content (AvgIpc) is 3.21. The van der Waals surface area contributed by atoms with Crippen LogP contribution in [0.15, 0.2) is 54.6 Å². The summed E-state index contributed by atoms with van der Waals surface area (Å²) in [6, 6.07) is 16.5. The maximum Gasteiger partial charge on any atom is 1.00 e. The molecule has 10 heteroatoms. The third-order valence-corrected chi connectivity index (χ3v) is 5.08. The number of hydrogen-bond acceptors (Lipinski definition) is 5. The molecular formula is C20H14ClN6NaO2. The average molecular weight is 429 g/mol. The monoisotopic (exact) mass is 428 g/mol. The number of H-pyrrole nitrogens is 1. The number of nitrogens with zero attached hydrogens (tertiary/aromatic N) is 4. The number of anilines is 3. The normalized spacial score (nSPS) is 13.4. The number of amides is 2. The van der Waals surface area contributed by atoms with E-state index in [0.29, 0.717) is 33.5 Å². The number of aromatic nitrogens is 4. The van der Waals surface area contributed by atoms with Crippen LogP contribution in [0.1, 0.15) is 7.85 Å². The molecule has 0 saturated carbocycles.